The van der Waals surface area contributed by atoms with Crippen LogP contribution in [0.3, 0.4) is 0 Å². The summed E-state index contributed by atoms with van der Waals surface area (Å²) in [6.07, 6.45) is 1.49. The highest BCUT2D eigenvalue weighted by Gasteiger charge is 2.19. The third-order valence-electron chi connectivity index (χ3n) is 2.58. The van der Waals surface area contributed by atoms with E-state index in [1.807, 2.05) is 30.3 Å². The molecule has 0 aliphatic heterocycles. The van der Waals surface area contributed by atoms with E-state index in [1.54, 1.807) is 13.0 Å². The Hall–Kier alpha value is -2.07. The van der Waals surface area contributed by atoms with Crippen LogP contribution in [0, 0.1) is 0 Å². The molecule has 2 aromatic rings. The number of benzene rings is 1. The van der Waals surface area contributed by atoms with Gasteiger partial charge in [0.1, 0.15) is 23.1 Å². The average molecular weight is 292 g/mol. The normalized spacial score (nSPS) is 10.1. The summed E-state index contributed by atoms with van der Waals surface area (Å²) in [4.78, 5) is 15.8. The number of nitrogens with zero attached hydrogens (tertiary/aromatic N) is 1. The fourth-order valence-corrected chi connectivity index (χ4v) is 1.89. The molecule has 0 N–H and O–H groups in total. The van der Waals surface area contributed by atoms with Gasteiger partial charge in [0.2, 0.25) is 0 Å². The van der Waals surface area contributed by atoms with Crippen LogP contribution in [0.15, 0.2) is 42.6 Å². The summed E-state index contributed by atoms with van der Waals surface area (Å²) in [6.45, 7) is 2.34. The van der Waals surface area contributed by atoms with E-state index in [0.29, 0.717) is 12.4 Å². The number of ether oxygens (including phenoxy) is 2. The first-order valence-corrected chi connectivity index (χ1v) is 6.58. The Morgan fingerprint density at radius 2 is 2.00 bits per heavy atom. The monoisotopic (exact) mass is 291 g/mol. The molecule has 4 nitrogen and oxygen atoms in total. The Bertz CT molecular complexity index is 587. The zero-order valence-corrected chi connectivity index (χ0v) is 11.8. The highest BCUT2D eigenvalue weighted by Crippen LogP contribution is 2.26. The summed E-state index contributed by atoms with van der Waals surface area (Å²) >= 11 is 5.95. The van der Waals surface area contributed by atoms with Gasteiger partial charge >= 0.3 is 5.97 Å². The Morgan fingerprint density at radius 3 is 2.70 bits per heavy atom. The van der Waals surface area contributed by atoms with Crippen molar-refractivity contribution in [3.05, 3.63) is 58.9 Å². The molecule has 0 spiro atoms. The third kappa shape index (κ3) is 3.48. The molecular weight excluding hydrogens is 278 g/mol. The van der Waals surface area contributed by atoms with Crippen molar-refractivity contribution in [2.24, 2.45) is 0 Å². The van der Waals surface area contributed by atoms with Crippen molar-refractivity contribution in [3.63, 3.8) is 0 Å². The maximum absolute atomic E-state index is 11.9. The first-order chi connectivity index (χ1) is 9.72. The fraction of sp³-hybridized carbons (Fsp3) is 0.200. The fourth-order valence-electron chi connectivity index (χ4n) is 1.66. The van der Waals surface area contributed by atoms with E-state index < -0.39 is 5.97 Å². The quantitative estimate of drug-likeness (QED) is 0.625. The molecule has 0 saturated heterocycles. The highest BCUT2D eigenvalue weighted by molar-refractivity contribution is 6.32. The predicted molar refractivity (Wildman–Crippen MR) is 76.0 cm³/mol. The Balaban J connectivity index is 2.19. The van der Waals surface area contributed by atoms with Crippen LogP contribution >= 0.6 is 11.6 Å². The SMILES string of the molecule is CCOC(=O)c1c(OCc2ccccc2)ccnc1Cl. The summed E-state index contributed by atoms with van der Waals surface area (Å²) < 4.78 is 10.6. The van der Waals surface area contributed by atoms with Crippen molar-refractivity contribution in [3.8, 4) is 5.75 Å². The molecule has 0 aliphatic rings. The molecule has 1 aromatic heterocycles. The molecule has 0 fully saturated rings. The topological polar surface area (TPSA) is 48.4 Å². The zero-order chi connectivity index (χ0) is 14.4. The molecule has 0 unspecified atom stereocenters. The molecule has 0 aliphatic carbocycles. The largest absolute Gasteiger partial charge is 0.488 e. The van der Waals surface area contributed by atoms with E-state index in [-0.39, 0.29) is 17.3 Å². The van der Waals surface area contributed by atoms with Crippen LogP contribution in [0.1, 0.15) is 22.8 Å². The number of hydrogen-bond donors (Lipinski definition) is 0. The summed E-state index contributed by atoms with van der Waals surface area (Å²) in [5, 5.41) is 0.0778. The number of rotatable bonds is 5. The molecule has 0 radical (unpaired) electrons. The van der Waals surface area contributed by atoms with Gasteiger partial charge < -0.3 is 9.47 Å². The van der Waals surface area contributed by atoms with Crippen molar-refractivity contribution in [2.45, 2.75) is 13.5 Å². The van der Waals surface area contributed by atoms with Crippen molar-refractivity contribution >= 4 is 17.6 Å². The number of esters is 1. The molecule has 2 rings (SSSR count). The van der Waals surface area contributed by atoms with Gasteiger partial charge in [-0.2, -0.15) is 0 Å². The second-order valence-corrected chi connectivity index (χ2v) is 4.33. The number of aromatic nitrogens is 1. The summed E-state index contributed by atoms with van der Waals surface area (Å²) in [6, 6.07) is 11.2. The smallest absolute Gasteiger partial charge is 0.345 e. The lowest BCUT2D eigenvalue weighted by molar-refractivity contribution is 0.0521. The van der Waals surface area contributed by atoms with Crippen molar-refractivity contribution < 1.29 is 14.3 Å². The van der Waals surface area contributed by atoms with Gasteiger partial charge in [-0.05, 0) is 18.6 Å². The van der Waals surface area contributed by atoms with Crippen LogP contribution in [-0.2, 0) is 11.3 Å². The summed E-state index contributed by atoms with van der Waals surface area (Å²) in [7, 11) is 0. The van der Waals surface area contributed by atoms with Crippen LogP contribution < -0.4 is 4.74 Å². The standard InChI is InChI=1S/C15H14ClNO3/c1-2-19-15(18)13-12(8-9-17-14(13)16)20-10-11-6-4-3-5-7-11/h3-9H,2,10H2,1H3. The average Bonchev–Trinajstić information content (AvgIpc) is 2.46. The van der Waals surface area contributed by atoms with Gasteiger partial charge in [0.25, 0.3) is 0 Å². The van der Waals surface area contributed by atoms with E-state index in [1.165, 1.54) is 6.20 Å². The molecule has 20 heavy (non-hydrogen) atoms. The molecule has 0 bridgehead atoms. The van der Waals surface area contributed by atoms with Gasteiger partial charge in [0.15, 0.2) is 0 Å². The van der Waals surface area contributed by atoms with Crippen molar-refractivity contribution in [1.29, 1.82) is 0 Å². The maximum atomic E-state index is 11.9. The van der Waals surface area contributed by atoms with E-state index >= 15 is 0 Å². The van der Waals surface area contributed by atoms with Gasteiger partial charge in [-0.15, -0.1) is 0 Å². The summed E-state index contributed by atoms with van der Waals surface area (Å²) in [5.41, 5.74) is 1.15. The number of pyridine rings is 1. The minimum Gasteiger partial charge on any atom is -0.488 e. The van der Waals surface area contributed by atoms with E-state index in [0.717, 1.165) is 5.56 Å². The molecular formula is C15H14ClNO3. The lowest BCUT2D eigenvalue weighted by Gasteiger charge is -2.11. The van der Waals surface area contributed by atoms with E-state index in [2.05, 4.69) is 4.98 Å². The van der Waals surface area contributed by atoms with Crippen molar-refractivity contribution in [1.82, 2.24) is 4.98 Å². The zero-order valence-electron chi connectivity index (χ0n) is 11.0. The first kappa shape index (κ1) is 14.3. The third-order valence-corrected chi connectivity index (χ3v) is 2.87. The summed E-state index contributed by atoms with van der Waals surface area (Å²) in [5.74, 6) is -0.166. The number of carbonyl (C=O) groups excluding carboxylic acids is 1. The van der Waals surface area contributed by atoms with Gasteiger partial charge in [0.05, 0.1) is 6.61 Å². The van der Waals surface area contributed by atoms with E-state index in [9.17, 15) is 4.79 Å². The highest BCUT2D eigenvalue weighted by atomic mass is 35.5. The molecule has 0 amide bonds. The van der Waals surface area contributed by atoms with Crippen molar-refractivity contribution in [2.75, 3.05) is 6.61 Å². The van der Waals surface area contributed by atoms with Gasteiger partial charge in [-0.3, -0.25) is 0 Å². The molecule has 0 saturated carbocycles. The number of halogens is 1. The van der Waals surface area contributed by atoms with Crippen LogP contribution in [0.4, 0.5) is 0 Å². The first-order valence-electron chi connectivity index (χ1n) is 6.20. The number of hydrogen-bond acceptors (Lipinski definition) is 4. The molecule has 1 heterocycles. The molecule has 104 valence electrons. The maximum Gasteiger partial charge on any atom is 0.345 e. The lowest BCUT2D eigenvalue weighted by Crippen LogP contribution is -2.09. The predicted octanol–water partition coefficient (Wildman–Crippen LogP) is 3.49. The van der Waals surface area contributed by atoms with E-state index in [4.69, 9.17) is 21.1 Å². The van der Waals surface area contributed by atoms with Gasteiger partial charge in [-0.25, -0.2) is 9.78 Å². The van der Waals surface area contributed by atoms with Crippen LogP contribution in [0.2, 0.25) is 5.15 Å². The Morgan fingerprint density at radius 1 is 1.25 bits per heavy atom. The minimum atomic E-state index is -0.534. The second-order valence-electron chi connectivity index (χ2n) is 3.97. The second kappa shape index (κ2) is 6.91. The van der Waals surface area contributed by atoms with Gasteiger partial charge in [-0.1, -0.05) is 41.9 Å². The van der Waals surface area contributed by atoms with Gasteiger partial charge in [0, 0.05) is 6.20 Å². The Labute approximate surface area is 122 Å². The molecule has 1 aromatic carbocycles. The number of carbonyl (C=O) groups is 1. The van der Waals surface area contributed by atoms with Crippen LogP contribution in [0.5, 0.6) is 5.75 Å². The molecule has 0 atom stereocenters. The molecule has 5 heteroatoms. The van der Waals surface area contributed by atoms with Crippen LogP contribution in [-0.4, -0.2) is 17.6 Å². The van der Waals surface area contributed by atoms with Crippen LogP contribution in [0.25, 0.3) is 0 Å². The lowest BCUT2D eigenvalue weighted by atomic mass is 10.2. The Kier molecular flexibility index (Phi) is 4.96. The minimum absolute atomic E-state index is 0.0778.